The summed E-state index contributed by atoms with van der Waals surface area (Å²) in [6.07, 6.45) is 2.10. The van der Waals surface area contributed by atoms with Crippen molar-refractivity contribution in [1.82, 2.24) is 4.72 Å². The van der Waals surface area contributed by atoms with Crippen LogP contribution in [0, 0.1) is 34.5 Å². The molecular weight excluding hydrogens is 566 g/mol. The molecule has 238 valence electrons. The largest absolute Gasteiger partial charge is 0.458 e. The predicted molar refractivity (Wildman–Crippen MR) is 150 cm³/mol. The number of aliphatic hydroxyl groups is 4. The normalized spacial score (nSPS) is 50.8. The first-order valence-electron chi connectivity index (χ1n) is 15.5. The molecule has 11 nitrogen and oxygen atoms in total. The van der Waals surface area contributed by atoms with Crippen molar-refractivity contribution >= 4 is 16.0 Å². The molecule has 0 aromatic rings. The molecule has 0 amide bonds. The van der Waals surface area contributed by atoms with E-state index in [9.17, 15) is 33.6 Å². The summed E-state index contributed by atoms with van der Waals surface area (Å²) >= 11 is 0. The van der Waals surface area contributed by atoms with Crippen LogP contribution in [0.5, 0.6) is 0 Å². The molecule has 4 aliphatic carbocycles. The van der Waals surface area contributed by atoms with Gasteiger partial charge >= 0.3 is 5.97 Å². The van der Waals surface area contributed by atoms with Gasteiger partial charge in [-0.2, -0.15) is 0 Å². The lowest BCUT2D eigenvalue weighted by molar-refractivity contribution is -0.285. The molecule has 13 atom stereocenters. The number of esters is 1. The van der Waals surface area contributed by atoms with Gasteiger partial charge in [-0.15, -0.1) is 0 Å². The van der Waals surface area contributed by atoms with Crippen LogP contribution in [-0.4, -0.2) is 96.6 Å². The number of cyclic esters (lactones) is 1. The van der Waals surface area contributed by atoms with Crippen molar-refractivity contribution in [3.05, 3.63) is 11.6 Å². The Bertz CT molecular complexity index is 1210. The minimum atomic E-state index is -3.88. The maximum atomic E-state index is 13.2. The van der Waals surface area contributed by atoms with Gasteiger partial charge in [0.25, 0.3) is 0 Å². The summed E-state index contributed by atoms with van der Waals surface area (Å²) in [7, 11) is -2.60. The second-order valence-corrected chi connectivity index (χ2v) is 16.2. The quantitative estimate of drug-likeness (QED) is 0.272. The Hall–Kier alpha value is -1.12. The van der Waals surface area contributed by atoms with E-state index in [2.05, 4.69) is 18.6 Å². The van der Waals surface area contributed by atoms with Crippen molar-refractivity contribution < 1.29 is 47.8 Å². The van der Waals surface area contributed by atoms with Gasteiger partial charge in [0.05, 0.1) is 11.4 Å². The van der Waals surface area contributed by atoms with E-state index in [1.807, 2.05) is 0 Å². The Balaban J connectivity index is 1.12. The first-order chi connectivity index (χ1) is 19.7. The van der Waals surface area contributed by atoms with Crippen LogP contribution < -0.4 is 4.72 Å². The first kappa shape index (κ1) is 30.9. The van der Waals surface area contributed by atoms with Crippen molar-refractivity contribution in [2.75, 3.05) is 19.5 Å². The zero-order chi connectivity index (χ0) is 30.2. The zero-order valence-corrected chi connectivity index (χ0v) is 25.6. The van der Waals surface area contributed by atoms with E-state index in [1.54, 1.807) is 6.08 Å². The third kappa shape index (κ3) is 4.79. The summed E-state index contributed by atoms with van der Waals surface area (Å²) in [6, 6.07) is -0.251. The monoisotopic (exact) mass is 613 g/mol. The van der Waals surface area contributed by atoms with E-state index in [4.69, 9.17) is 14.2 Å². The predicted octanol–water partition coefficient (Wildman–Crippen LogP) is 0.985. The van der Waals surface area contributed by atoms with E-state index in [0.29, 0.717) is 31.3 Å². The van der Waals surface area contributed by atoms with E-state index in [1.165, 1.54) is 7.11 Å². The molecule has 0 radical (unpaired) electrons. The number of fused-ring (bicyclic) bond motifs is 5. The van der Waals surface area contributed by atoms with Gasteiger partial charge in [0.15, 0.2) is 6.29 Å². The number of ether oxygens (including phenoxy) is 3. The van der Waals surface area contributed by atoms with Crippen LogP contribution in [0.15, 0.2) is 11.6 Å². The fraction of sp³-hybridized carbons (Fsp3) is 0.900. The molecule has 0 unspecified atom stereocenters. The summed E-state index contributed by atoms with van der Waals surface area (Å²) < 4.78 is 44.9. The highest BCUT2D eigenvalue weighted by Gasteiger charge is 2.67. The number of nitrogens with one attached hydrogen (secondary N) is 1. The first-order valence-corrected chi connectivity index (χ1v) is 17.2. The highest BCUT2D eigenvalue weighted by Crippen LogP contribution is 2.69. The van der Waals surface area contributed by atoms with Crippen molar-refractivity contribution in [3.63, 3.8) is 0 Å². The van der Waals surface area contributed by atoms with Crippen molar-refractivity contribution in [2.24, 2.45) is 34.5 Å². The Morgan fingerprint density at radius 2 is 1.76 bits per heavy atom. The second-order valence-electron chi connectivity index (χ2n) is 14.4. The molecular formula is C30H47NO10S. The van der Waals surface area contributed by atoms with Crippen LogP contribution in [0.2, 0.25) is 0 Å². The molecule has 6 rings (SSSR count). The van der Waals surface area contributed by atoms with Crippen LogP contribution in [0.25, 0.3) is 0 Å². The number of rotatable bonds is 6. The standard InChI is InChI=1S/C30H47NO10S/c1-28-9-6-18(31-42(37,38)15-22-24(33)25(34)26(35)27(39-3)41-22)13-17(28)4-5-21-20(28)7-10-29(2)19(8-11-30(21,29)36)16-12-23(32)40-14-16/h12,17-22,24-27,31,33-36H,4-11,13-15H2,1-3H3/t17-,18+,19-,20-,21+,22-,24+,25-,26+,27-,28+,29-,30+/m1/s1. The minimum Gasteiger partial charge on any atom is -0.458 e. The van der Waals surface area contributed by atoms with Gasteiger partial charge in [-0.05, 0) is 92.4 Å². The van der Waals surface area contributed by atoms with Crippen molar-refractivity contribution in [1.29, 1.82) is 0 Å². The number of carbonyl (C=O) groups excluding carboxylic acids is 1. The molecule has 5 N–H and O–H groups in total. The highest BCUT2D eigenvalue weighted by atomic mass is 32.2. The Labute approximate surface area is 248 Å². The maximum absolute atomic E-state index is 13.2. The highest BCUT2D eigenvalue weighted by molar-refractivity contribution is 7.89. The molecule has 12 heteroatoms. The topological polar surface area (TPSA) is 172 Å². The average Bonchev–Trinajstić information content (AvgIpc) is 3.48. The van der Waals surface area contributed by atoms with Crippen LogP contribution in [0.1, 0.15) is 71.6 Å². The molecule has 0 bridgehead atoms. The molecule has 2 heterocycles. The van der Waals surface area contributed by atoms with Gasteiger partial charge in [0.1, 0.15) is 31.0 Å². The van der Waals surface area contributed by atoms with E-state index >= 15 is 0 Å². The summed E-state index contributed by atoms with van der Waals surface area (Å²) in [5.41, 5.74) is -0.0563. The van der Waals surface area contributed by atoms with Gasteiger partial charge < -0.3 is 34.6 Å². The fourth-order valence-electron chi connectivity index (χ4n) is 10.3. The maximum Gasteiger partial charge on any atom is 0.331 e. The van der Waals surface area contributed by atoms with Gasteiger partial charge in [-0.3, -0.25) is 0 Å². The zero-order valence-electron chi connectivity index (χ0n) is 24.8. The summed E-state index contributed by atoms with van der Waals surface area (Å²) in [6.45, 7) is 4.89. The molecule has 4 saturated carbocycles. The van der Waals surface area contributed by atoms with E-state index in [0.717, 1.165) is 50.5 Å². The lowest BCUT2D eigenvalue weighted by Crippen LogP contribution is -2.63. The second kappa shape index (κ2) is 10.8. The number of carbonyl (C=O) groups is 1. The van der Waals surface area contributed by atoms with Gasteiger partial charge in [-0.1, -0.05) is 13.8 Å². The lowest BCUT2D eigenvalue weighted by atomic mass is 9.43. The minimum absolute atomic E-state index is 0.000315. The SMILES string of the molecule is CO[C@@H]1O[C@H](CS(=O)(=O)N[C@H]2CC[C@@]3(C)[C@H](CC[C@H]4[C@H]3CC[C@]3(C)[C@@H](C5=CC(=O)OC5)CC[C@]43O)C2)[C@H](O)[C@@H](O)[C@@H]1O. The summed E-state index contributed by atoms with van der Waals surface area (Å²) in [5, 5.41) is 42.9. The third-order valence-corrected chi connectivity index (χ3v) is 14.1. The van der Waals surface area contributed by atoms with Crippen LogP contribution in [0.4, 0.5) is 0 Å². The number of hydrogen-bond acceptors (Lipinski definition) is 10. The fourth-order valence-corrected chi connectivity index (χ4v) is 11.8. The molecule has 0 aromatic carbocycles. The molecule has 5 fully saturated rings. The Morgan fingerprint density at radius 1 is 1.00 bits per heavy atom. The molecule has 0 aromatic heterocycles. The van der Waals surface area contributed by atoms with E-state index < -0.39 is 52.1 Å². The molecule has 2 aliphatic heterocycles. The number of sulfonamides is 1. The van der Waals surface area contributed by atoms with Gasteiger partial charge in [0, 0.05) is 24.6 Å². The number of methoxy groups -OCH3 is 1. The Kier molecular flexibility index (Phi) is 7.91. The molecule has 6 aliphatic rings. The molecule has 42 heavy (non-hydrogen) atoms. The third-order valence-electron chi connectivity index (χ3n) is 12.6. The van der Waals surface area contributed by atoms with Gasteiger partial charge in [-0.25, -0.2) is 17.9 Å². The van der Waals surface area contributed by atoms with Gasteiger partial charge in [0.2, 0.25) is 10.0 Å². The lowest BCUT2D eigenvalue weighted by Gasteiger charge is -2.63. The van der Waals surface area contributed by atoms with Crippen molar-refractivity contribution in [2.45, 2.75) is 114 Å². The van der Waals surface area contributed by atoms with Crippen LogP contribution in [0.3, 0.4) is 0 Å². The summed E-state index contributed by atoms with van der Waals surface area (Å²) in [4.78, 5) is 11.8. The Morgan fingerprint density at radius 3 is 2.45 bits per heavy atom. The summed E-state index contributed by atoms with van der Waals surface area (Å²) in [5.74, 6) is 0.165. The average molecular weight is 614 g/mol. The van der Waals surface area contributed by atoms with Crippen LogP contribution in [-0.2, 0) is 29.0 Å². The smallest absolute Gasteiger partial charge is 0.331 e. The molecule has 0 spiro atoms. The number of hydrogen-bond donors (Lipinski definition) is 5. The molecule has 1 saturated heterocycles. The number of aliphatic hydroxyl groups excluding tert-OH is 3. The van der Waals surface area contributed by atoms with Crippen molar-refractivity contribution in [3.8, 4) is 0 Å². The van der Waals surface area contributed by atoms with Crippen LogP contribution >= 0.6 is 0 Å². The van der Waals surface area contributed by atoms with E-state index in [-0.39, 0.29) is 34.7 Å².